The smallest absolute Gasteiger partial charge is 0.305 e. The van der Waals surface area contributed by atoms with Gasteiger partial charge in [0.1, 0.15) is 0 Å². The van der Waals surface area contributed by atoms with Crippen molar-refractivity contribution in [3.8, 4) is 0 Å². The quantitative estimate of drug-likeness (QED) is 0.0320. The molecule has 0 aromatic carbocycles. The minimum absolute atomic E-state index is 0.0121. The van der Waals surface area contributed by atoms with E-state index < -0.39 is 12.1 Å². The van der Waals surface area contributed by atoms with Crippen molar-refractivity contribution >= 4 is 11.9 Å². The van der Waals surface area contributed by atoms with Crippen LogP contribution >= 0.6 is 0 Å². The largest absolute Gasteiger partial charge is 0.466 e. The SMILES string of the molecule is CCCC/C=C\CCCCCCCC(=O)OCCCCCCCCCCCCCCCCCCCC/C=C\CCCCCCCCCCCCCCCCCCCC(=O)NC(CO)C(O)CCCCCCCCCCCCCCCCCCCCCCC. The minimum Gasteiger partial charge on any atom is -0.466 e. The number of amides is 1. The first-order valence-corrected chi connectivity index (χ1v) is 40.6. The van der Waals surface area contributed by atoms with Crippen molar-refractivity contribution in [3.05, 3.63) is 24.3 Å². The zero-order valence-corrected chi connectivity index (χ0v) is 60.0. The van der Waals surface area contributed by atoms with E-state index in [1.807, 2.05) is 0 Å². The number of carbonyl (C=O) groups excluding carboxylic acids is 2. The third-order valence-corrected chi connectivity index (χ3v) is 19.2. The summed E-state index contributed by atoms with van der Waals surface area (Å²) in [5, 5.41) is 23.5. The maximum absolute atomic E-state index is 12.6. The maximum atomic E-state index is 12.6. The van der Waals surface area contributed by atoms with Gasteiger partial charge in [-0.2, -0.15) is 0 Å². The Morgan fingerprint density at radius 1 is 0.307 bits per heavy atom. The van der Waals surface area contributed by atoms with E-state index in [9.17, 15) is 19.8 Å². The van der Waals surface area contributed by atoms with Crippen molar-refractivity contribution in [2.24, 2.45) is 0 Å². The lowest BCUT2D eigenvalue weighted by Crippen LogP contribution is -2.45. The molecule has 0 rings (SSSR count). The summed E-state index contributed by atoms with van der Waals surface area (Å²) < 4.78 is 5.47. The summed E-state index contributed by atoms with van der Waals surface area (Å²) in [6.45, 7) is 4.97. The number of unbranched alkanes of at least 4 members (excludes halogenated alkanes) is 62. The first-order chi connectivity index (χ1) is 43.5. The predicted octanol–water partition coefficient (Wildman–Crippen LogP) is 26.8. The highest BCUT2D eigenvalue weighted by Crippen LogP contribution is 2.20. The van der Waals surface area contributed by atoms with Gasteiger partial charge in [-0.05, 0) is 70.6 Å². The van der Waals surface area contributed by atoms with Crippen LogP contribution in [0, 0.1) is 0 Å². The monoisotopic (exact) mass is 1240 g/mol. The second-order valence-corrected chi connectivity index (χ2v) is 28.1. The summed E-state index contributed by atoms with van der Waals surface area (Å²) in [7, 11) is 0. The Bertz CT molecular complexity index is 1380. The number of esters is 1. The predicted molar refractivity (Wildman–Crippen MR) is 389 cm³/mol. The van der Waals surface area contributed by atoms with Crippen LogP contribution in [0.25, 0.3) is 0 Å². The van der Waals surface area contributed by atoms with Gasteiger partial charge in [0.2, 0.25) is 5.91 Å². The minimum atomic E-state index is -0.662. The van der Waals surface area contributed by atoms with Crippen LogP contribution in [0.1, 0.15) is 463 Å². The fourth-order valence-corrected chi connectivity index (χ4v) is 13.0. The molecule has 2 unspecified atom stereocenters. The van der Waals surface area contributed by atoms with Gasteiger partial charge in [-0.15, -0.1) is 0 Å². The molecule has 1 amide bonds. The molecule has 88 heavy (non-hydrogen) atoms. The molecule has 0 bridgehead atoms. The van der Waals surface area contributed by atoms with Gasteiger partial charge in [-0.25, -0.2) is 0 Å². The summed E-state index contributed by atoms with van der Waals surface area (Å²) >= 11 is 0. The van der Waals surface area contributed by atoms with Gasteiger partial charge in [0.05, 0.1) is 25.4 Å². The lowest BCUT2D eigenvalue weighted by Gasteiger charge is -2.22. The Kier molecular flexibility index (Phi) is 76.3. The highest BCUT2D eigenvalue weighted by atomic mass is 16.5. The Morgan fingerprint density at radius 3 is 0.841 bits per heavy atom. The molecule has 0 heterocycles. The van der Waals surface area contributed by atoms with Crippen molar-refractivity contribution in [3.63, 3.8) is 0 Å². The first-order valence-electron chi connectivity index (χ1n) is 40.6. The van der Waals surface area contributed by atoms with Crippen molar-refractivity contribution in [2.45, 2.75) is 475 Å². The van der Waals surface area contributed by atoms with Gasteiger partial charge in [-0.3, -0.25) is 9.59 Å². The van der Waals surface area contributed by atoms with Gasteiger partial charge in [0.15, 0.2) is 0 Å². The van der Waals surface area contributed by atoms with Crippen LogP contribution in [0.5, 0.6) is 0 Å². The number of allylic oxidation sites excluding steroid dienone is 4. The van der Waals surface area contributed by atoms with E-state index in [0.717, 1.165) is 44.9 Å². The van der Waals surface area contributed by atoms with Crippen LogP contribution in [0.3, 0.4) is 0 Å². The topological polar surface area (TPSA) is 95.9 Å². The molecule has 0 saturated heterocycles. The van der Waals surface area contributed by atoms with Gasteiger partial charge in [-0.1, -0.05) is 404 Å². The molecule has 0 aliphatic carbocycles. The van der Waals surface area contributed by atoms with Crippen LogP contribution in [-0.2, 0) is 14.3 Å². The number of aliphatic hydroxyl groups is 2. The fourth-order valence-electron chi connectivity index (χ4n) is 13.0. The Balaban J connectivity index is 3.33. The average molecular weight is 1240 g/mol. The highest BCUT2D eigenvalue weighted by molar-refractivity contribution is 5.76. The summed E-state index contributed by atoms with van der Waals surface area (Å²) in [6.07, 6.45) is 100. The molecule has 3 N–H and O–H groups in total. The molecule has 0 aromatic rings. The summed E-state index contributed by atoms with van der Waals surface area (Å²) in [4.78, 5) is 24.6. The van der Waals surface area contributed by atoms with E-state index >= 15 is 0 Å². The zero-order chi connectivity index (χ0) is 63.5. The molecule has 522 valence electrons. The highest BCUT2D eigenvalue weighted by Gasteiger charge is 2.20. The standard InChI is InChI=1S/C82H159NO5/c1-3-5-7-9-11-13-15-16-17-18-19-39-42-45-48-51-55-58-62-66-70-74-80(85)79(78-84)83-81(86)75-71-67-63-59-56-52-49-46-43-40-37-35-33-31-29-27-25-23-21-20-22-24-26-28-30-32-34-36-38-41-44-47-50-53-57-61-65-69-73-77-88-82(87)76-72-68-64-60-54-14-12-10-8-6-4-2/h10,12,20-21,79-80,84-85H,3-9,11,13-19,22-78H2,1-2H3,(H,83,86)/b12-10-,21-20-. The van der Waals surface area contributed by atoms with E-state index in [0.29, 0.717) is 25.9 Å². The number of aliphatic hydroxyl groups excluding tert-OH is 2. The Morgan fingerprint density at radius 2 is 0.545 bits per heavy atom. The molecule has 2 atom stereocenters. The molecule has 0 aromatic heterocycles. The average Bonchev–Trinajstić information content (AvgIpc) is 3.55. The van der Waals surface area contributed by atoms with Crippen molar-refractivity contribution in [1.29, 1.82) is 0 Å². The van der Waals surface area contributed by atoms with Crippen molar-refractivity contribution in [1.82, 2.24) is 5.32 Å². The lowest BCUT2D eigenvalue weighted by atomic mass is 10.0. The second kappa shape index (κ2) is 77.8. The van der Waals surface area contributed by atoms with E-state index in [2.05, 4.69) is 43.5 Å². The van der Waals surface area contributed by atoms with Gasteiger partial charge in [0, 0.05) is 12.8 Å². The molecule has 0 radical (unpaired) electrons. The zero-order valence-electron chi connectivity index (χ0n) is 60.0. The van der Waals surface area contributed by atoms with E-state index in [-0.39, 0.29) is 18.5 Å². The molecule has 0 aliphatic rings. The molecular formula is C82H159NO5. The molecule has 0 spiro atoms. The van der Waals surface area contributed by atoms with E-state index in [4.69, 9.17) is 4.74 Å². The third kappa shape index (κ3) is 73.4. The summed E-state index contributed by atoms with van der Waals surface area (Å²) in [5.41, 5.74) is 0. The molecule has 0 saturated carbocycles. The van der Waals surface area contributed by atoms with Crippen LogP contribution < -0.4 is 5.32 Å². The fraction of sp³-hybridized carbons (Fsp3) is 0.927. The van der Waals surface area contributed by atoms with Crippen molar-refractivity contribution in [2.75, 3.05) is 13.2 Å². The molecule has 0 fully saturated rings. The van der Waals surface area contributed by atoms with Crippen LogP contribution in [0.2, 0.25) is 0 Å². The molecule has 6 nitrogen and oxygen atoms in total. The second-order valence-electron chi connectivity index (χ2n) is 28.1. The molecule has 6 heteroatoms. The summed E-state index contributed by atoms with van der Waals surface area (Å²) in [6, 6.07) is -0.539. The number of nitrogens with one attached hydrogen (secondary N) is 1. The number of carbonyl (C=O) groups is 2. The maximum Gasteiger partial charge on any atom is 0.305 e. The number of rotatable bonds is 77. The summed E-state index contributed by atoms with van der Waals surface area (Å²) in [5.74, 6) is -0.0131. The van der Waals surface area contributed by atoms with E-state index in [1.54, 1.807) is 0 Å². The number of ether oxygens (including phenoxy) is 1. The first kappa shape index (κ1) is 86.3. The normalized spacial score (nSPS) is 12.5. The number of hydrogen-bond donors (Lipinski definition) is 3. The van der Waals surface area contributed by atoms with Gasteiger partial charge >= 0.3 is 5.97 Å². The molecule has 0 aliphatic heterocycles. The van der Waals surface area contributed by atoms with Crippen LogP contribution in [0.4, 0.5) is 0 Å². The van der Waals surface area contributed by atoms with Crippen molar-refractivity contribution < 1.29 is 24.5 Å². The van der Waals surface area contributed by atoms with Gasteiger partial charge in [0.25, 0.3) is 0 Å². The number of hydrogen-bond acceptors (Lipinski definition) is 5. The third-order valence-electron chi connectivity index (χ3n) is 19.2. The van der Waals surface area contributed by atoms with Gasteiger partial charge < -0.3 is 20.3 Å². The van der Waals surface area contributed by atoms with Crippen LogP contribution in [0.15, 0.2) is 24.3 Å². The Labute approximate surface area is 551 Å². The van der Waals surface area contributed by atoms with Crippen LogP contribution in [-0.4, -0.2) is 47.4 Å². The van der Waals surface area contributed by atoms with E-state index in [1.165, 1.54) is 385 Å². The molecular weight excluding hydrogens is 1080 g/mol. The Hall–Kier alpha value is -1.66. The lowest BCUT2D eigenvalue weighted by molar-refractivity contribution is -0.143.